The molecule has 0 rings (SSSR count). The number of hydrogen-bond acceptors (Lipinski definition) is 6. The minimum atomic E-state index is -0.787. The summed E-state index contributed by atoms with van der Waals surface area (Å²) in [4.78, 5) is 38.3. The van der Waals surface area contributed by atoms with Gasteiger partial charge in [-0.05, 0) is 103 Å². The Bertz CT molecular complexity index is 1510. The van der Waals surface area contributed by atoms with Gasteiger partial charge in [-0.1, -0.05) is 291 Å². The van der Waals surface area contributed by atoms with Crippen molar-refractivity contribution < 1.29 is 28.6 Å². The van der Waals surface area contributed by atoms with Crippen molar-refractivity contribution in [3.05, 3.63) is 97.2 Å². The fourth-order valence-corrected chi connectivity index (χ4v) is 9.18. The lowest BCUT2D eigenvalue weighted by molar-refractivity contribution is -0.167. The zero-order valence-electron chi connectivity index (χ0n) is 50.7. The van der Waals surface area contributed by atoms with Crippen LogP contribution in [0.15, 0.2) is 97.2 Å². The second kappa shape index (κ2) is 64.9. The Morgan fingerprint density at radius 2 is 0.506 bits per heavy atom. The van der Waals surface area contributed by atoms with Gasteiger partial charge >= 0.3 is 17.9 Å². The summed E-state index contributed by atoms with van der Waals surface area (Å²) < 4.78 is 16.9. The molecule has 0 aliphatic carbocycles. The number of carbonyl (C=O) groups is 3. The zero-order valence-corrected chi connectivity index (χ0v) is 50.7. The normalized spacial score (nSPS) is 12.7. The number of allylic oxidation sites excluding steroid dienone is 16. The largest absolute Gasteiger partial charge is 0.462 e. The molecule has 0 amide bonds. The number of rotatable bonds is 59. The average Bonchev–Trinajstić information content (AvgIpc) is 3.43. The molecular weight excluding hydrogens is 949 g/mol. The van der Waals surface area contributed by atoms with Crippen LogP contribution in [0.5, 0.6) is 0 Å². The molecule has 77 heavy (non-hydrogen) atoms. The maximum Gasteiger partial charge on any atom is 0.306 e. The van der Waals surface area contributed by atoms with Crippen molar-refractivity contribution in [2.24, 2.45) is 0 Å². The van der Waals surface area contributed by atoms with Crippen molar-refractivity contribution in [3.8, 4) is 0 Å². The third-order valence-electron chi connectivity index (χ3n) is 14.1. The molecule has 0 bridgehead atoms. The van der Waals surface area contributed by atoms with Crippen molar-refractivity contribution in [1.29, 1.82) is 0 Å². The van der Waals surface area contributed by atoms with Crippen molar-refractivity contribution >= 4 is 17.9 Å². The molecule has 0 heterocycles. The van der Waals surface area contributed by atoms with Crippen LogP contribution in [-0.2, 0) is 28.6 Å². The molecule has 0 aromatic rings. The molecule has 442 valence electrons. The van der Waals surface area contributed by atoms with Gasteiger partial charge in [0.2, 0.25) is 0 Å². The molecule has 1 atom stereocenters. The van der Waals surface area contributed by atoms with Crippen molar-refractivity contribution in [1.82, 2.24) is 0 Å². The van der Waals surface area contributed by atoms with E-state index in [1.54, 1.807) is 0 Å². The molecule has 0 aromatic carbocycles. The fourth-order valence-electron chi connectivity index (χ4n) is 9.18. The van der Waals surface area contributed by atoms with Crippen LogP contribution >= 0.6 is 0 Å². The molecule has 0 aromatic heterocycles. The van der Waals surface area contributed by atoms with E-state index in [0.29, 0.717) is 19.3 Å². The second-order valence-electron chi connectivity index (χ2n) is 21.6. The first-order chi connectivity index (χ1) is 38.0. The molecule has 0 aliphatic rings. The summed E-state index contributed by atoms with van der Waals surface area (Å²) in [5, 5.41) is 0. The summed E-state index contributed by atoms with van der Waals surface area (Å²) in [6.45, 7) is 6.53. The van der Waals surface area contributed by atoms with Gasteiger partial charge in [-0.2, -0.15) is 0 Å². The van der Waals surface area contributed by atoms with Crippen LogP contribution in [0.4, 0.5) is 0 Å². The average molecular weight is 1070 g/mol. The molecule has 6 heteroatoms. The zero-order chi connectivity index (χ0) is 55.7. The highest BCUT2D eigenvalue weighted by Crippen LogP contribution is 2.16. The van der Waals surface area contributed by atoms with E-state index in [2.05, 4.69) is 118 Å². The van der Waals surface area contributed by atoms with Crippen LogP contribution in [0.2, 0.25) is 0 Å². The summed E-state index contributed by atoms with van der Waals surface area (Å²) in [5.41, 5.74) is 0. The van der Waals surface area contributed by atoms with E-state index in [-0.39, 0.29) is 31.1 Å². The summed E-state index contributed by atoms with van der Waals surface area (Å²) in [6.07, 6.45) is 87.0. The SMILES string of the molecule is CC/C=C\C/C=C\C/C=C\C/C=C\C/C=C\C/C=C\C/C=C\CCCCCCCC(=O)OCC(COC(=O)CCCCCCCCCCCCC)OC(=O)CCCCCCCCCCC/C=C\CCCCCCCCCC. The number of esters is 3. The third kappa shape index (κ3) is 63.0. The highest BCUT2D eigenvalue weighted by Gasteiger charge is 2.19. The van der Waals surface area contributed by atoms with Crippen LogP contribution in [0.3, 0.4) is 0 Å². The smallest absolute Gasteiger partial charge is 0.306 e. The van der Waals surface area contributed by atoms with Gasteiger partial charge in [0.25, 0.3) is 0 Å². The van der Waals surface area contributed by atoms with Crippen LogP contribution in [0.25, 0.3) is 0 Å². The van der Waals surface area contributed by atoms with E-state index < -0.39 is 6.10 Å². The first-order valence-electron chi connectivity index (χ1n) is 32.7. The Labute approximate surface area is 477 Å². The Kier molecular flexibility index (Phi) is 61.8. The molecule has 0 saturated carbocycles. The van der Waals surface area contributed by atoms with Crippen LogP contribution in [0, 0.1) is 0 Å². The molecule has 0 radical (unpaired) electrons. The van der Waals surface area contributed by atoms with E-state index in [1.807, 2.05) is 0 Å². The number of unbranched alkanes of at least 4 members (excludes halogenated alkanes) is 32. The van der Waals surface area contributed by atoms with E-state index in [4.69, 9.17) is 14.2 Å². The van der Waals surface area contributed by atoms with Gasteiger partial charge in [0, 0.05) is 19.3 Å². The van der Waals surface area contributed by atoms with E-state index in [9.17, 15) is 14.4 Å². The summed E-state index contributed by atoms with van der Waals surface area (Å²) >= 11 is 0. The van der Waals surface area contributed by atoms with Gasteiger partial charge in [0.15, 0.2) is 6.10 Å². The van der Waals surface area contributed by atoms with Crippen LogP contribution in [0.1, 0.15) is 316 Å². The number of ether oxygens (including phenoxy) is 3. The maximum atomic E-state index is 12.9. The fraction of sp³-hybridized carbons (Fsp3) is 0.732. The molecule has 0 saturated heterocycles. The van der Waals surface area contributed by atoms with Gasteiger partial charge in [-0.15, -0.1) is 0 Å². The molecule has 0 N–H and O–H groups in total. The molecule has 6 nitrogen and oxygen atoms in total. The van der Waals surface area contributed by atoms with Crippen LogP contribution < -0.4 is 0 Å². The van der Waals surface area contributed by atoms with Crippen molar-refractivity contribution in [2.75, 3.05) is 13.2 Å². The lowest BCUT2D eigenvalue weighted by Gasteiger charge is -2.18. The number of carbonyl (C=O) groups excluding carboxylic acids is 3. The van der Waals surface area contributed by atoms with E-state index in [1.165, 1.54) is 154 Å². The topological polar surface area (TPSA) is 78.9 Å². The van der Waals surface area contributed by atoms with Crippen molar-refractivity contribution in [2.45, 2.75) is 322 Å². The first-order valence-corrected chi connectivity index (χ1v) is 32.7. The molecule has 0 aliphatic heterocycles. The lowest BCUT2D eigenvalue weighted by atomic mass is 10.1. The Morgan fingerprint density at radius 3 is 0.805 bits per heavy atom. The monoisotopic (exact) mass is 1070 g/mol. The molecular formula is C71H122O6. The van der Waals surface area contributed by atoms with Gasteiger partial charge in [0.05, 0.1) is 0 Å². The highest BCUT2D eigenvalue weighted by molar-refractivity contribution is 5.71. The first kappa shape index (κ1) is 73.3. The Morgan fingerprint density at radius 1 is 0.273 bits per heavy atom. The molecule has 1 unspecified atom stereocenters. The minimum absolute atomic E-state index is 0.0820. The summed E-state index contributed by atoms with van der Waals surface area (Å²) in [5.74, 6) is -0.894. The predicted octanol–water partition coefficient (Wildman–Crippen LogP) is 22.4. The predicted molar refractivity (Wildman–Crippen MR) is 334 cm³/mol. The minimum Gasteiger partial charge on any atom is -0.462 e. The maximum absolute atomic E-state index is 12.9. The van der Waals surface area contributed by atoms with E-state index >= 15 is 0 Å². The quantitative estimate of drug-likeness (QED) is 0.0261. The summed E-state index contributed by atoms with van der Waals surface area (Å²) in [6, 6.07) is 0. The standard InChI is InChI=1S/C71H122O6/c1-4-7-10-13-16-19-22-24-26-28-30-32-33-34-35-36-37-39-40-42-44-46-49-52-55-58-61-64-70(73)76-67-68(66-75-69(72)63-60-57-54-51-48-21-18-15-12-9-6-3)77-71(74)65-62-59-56-53-50-47-45-43-41-38-31-29-27-25-23-20-17-14-11-8-5-2/h7,10,16,19,24,26,29-32,34-35,37,39,42,44,68H,4-6,8-9,11-15,17-18,20-23,25,27-28,33,36,38,40-41,43,45-67H2,1-3H3/b10-7-,19-16-,26-24-,31-29-,32-30-,35-34-,39-37-,44-42-. The van der Waals surface area contributed by atoms with Crippen molar-refractivity contribution in [3.63, 3.8) is 0 Å². The van der Waals surface area contributed by atoms with Crippen LogP contribution in [-0.4, -0.2) is 37.2 Å². The van der Waals surface area contributed by atoms with Gasteiger partial charge in [-0.25, -0.2) is 0 Å². The second-order valence-corrected chi connectivity index (χ2v) is 21.6. The summed E-state index contributed by atoms with van der Waals surface area (Å²) in [7, 11) is 0. The number of hydrogen-bond donors (Lipinski definition) is 0. The molecule has 0 fully saturated rings. The van der Waals surface area contributed by atoms with Gasteiger partial charge < -0.3 is 14.2 Å². The highest BCUT2D eigenvalue weighted by atomic mass is 16.6. The Hall–Kier alpha value is -3.67. The molecule has 0 spiro atoms. The van der Waals surface area contributed by atoms with Gasteiger partial charge in [-0.3, -0.25) is 14.4 Å². The lowest BCUT2D eigenvalue weighted by Crippen LogP contribution is -2.30. The van der Waals surface area contributed by atoms with Gasteiger partial charge in [0.1, 0.15) is 13.2 Å². The van der Waals surface area contributed by atoms with E-state index in [0.717, 1.165) is 122 Å². The third-order valence-corrected chi connectivity index (χ3v) is 14.1. The Balaban J connectivity index is 4.32.